The lowest BCUT2D eigenvalue weighted by atomic mass is 10.0. The van der Waals surface area contributed by atoms with Gasteiger partial charge in [-0.05, 0) is 19.3 Å². The van der Waals surface area contributed by atoms with Crippen LogP contribution in [0.15, 0.2) is 0 Å². The van der Waals surface area contributed by atoms with Crippen LogP contribution >= 0.6 is 0 Å². The third kappa shape index (κ3) is 1.52. The Morgan fingerprint density at radius 3 is 2.67 bits per heavy atom. The average molecular weight is 128 g/mol. The predicted molar refractivity (Wildman–Crippen MR) is 34.0 cm³/mol. The predicted octanol–water partition coefficient (Wildman–Crippen LogP) is 0.736. The maximum atomic E-state index is 10.6. The minimum atomic E-state index is -0.295. The molecular formula is C7H12O2. The summed E-state index contributed by atoms with van der Waals surface area (Å²) < 4.78 is 0. The van der Waals surface area contributed by atoms with Crippen molar-refractivity contribution in [3.8, 4) is 0 Å². The van der Waals surface area contributed by atoms with E-state index in [2.05, 4.69) is 0 Å². The van der Waals surface area contributed by atoms with E-state index >= 15 is 0 Å². The van der Waals surface area contributed by atoms with E-state index in [-0.39, 0.29) is 12.0 Å². The van der Waals surface area contributed by atoms with Gasteiger partial charge in [0.05, 0.1) is 6.10 Å². The molecule has 0 spiro atoms. The normalized spacial score (nSPS) is 30.9. The first-order valence-electron chi connectivity index (χ1n) is 3.40. The second-order valence-electron chi connectivity index (χ2n) is 2.78. The highest BCUT2D eigenvalue weighted by Crippen LogP contribution is 2.24. The number of carbonyl (C=O) groups excluding carboxylic acids is 1. The second kappa shape index (κ2) is 2.48. The fraction of sp³-hybridized carbons (Fsp3) is 0.857. The van der Waals surface area contributed by atoms with E-state index in [0.717, 1.165) is 6.42 Å². The standard InChI is InChI=1S/C7H12O2/c1-5(8)6-2-3-7(9)4-6/h5-6,8H,2-4H2,1H3/t5?,6-/m0/s1. The van der Waals surface area contributed by atoms with Gasteiger partial charge >= 0.3 is 0 Å². The molecule has 1 unspecified atom stereocenters. The fourth-order valence-corrected chi connectivity index (χ4v) is 1.25. The van der Waals surface area contributed by atoms with E-state index in [9.17, 15) is 4.79 Å². The summed E-state index contributed by atoms with van der Waals surface area (Å²) in [5.41, 5.74) is 0. The largest absolute Gasteiger partial charge is 0.393 e. The second-order valence-corrected chi connectivity index (χ2v) is 2.78. The van der Waals surface area contributed by atoms with Crippen molar-refractivity contribution in [1.29, 1.82) is 0 Å². The molecule has 0 aromatic rings. The maximum absolute atomic E-state index is 10.6. The van der Waals surface area contributed by atoms with Gasteiger partial charge in [0, 0.05) is 12.8 Å². The van der Waals surface area contributed by atoms with Gasteiger partial charge in [0.1, 0.15) is 5.78 Å². The fourth-order valence-electron chi connectivity index (χ4n) is 1.25. The zero-order chi connectivity index (χ0) is 6.85. The third-order valence-electron chi connectivity index (χ3n) is 1.97. The minimum Gasteiger partial charge on any atom is -0.393 e. The first-order valence-corrected chi connectivity index (χ1v) is 3.40. The summed E-state index contributed by atoms with van der Waals surface area (Å²) in [6, 6.07) is 0. The van der Waals surface area contributed by atoms with E-state index in [4.69, 9.17) is 5.11 Å². The number of hydrogen-bond donors (Lipinski definition) is 1. The summed E-state index contributed by atoms with van der Waals surface area (Å²) >= 11 is 0. The Morgan fingerprint density at radius 2 is 2.44 bits per heavy atom. The molecule has 1 fully saturated rings. The Hall–Kier alpha value is -0.370. The van der Waals surface area contributed by atoms with Crippen LogP contribution < -0.4 is 0 Å². The molecule has 1 saturated carbocycles. The van der Waals surface area contributed by atoms with Crippen LogP contribution in [0.5, 0.6) is 0 Å². The molecule has 0 saturated heterocycles. The summed E-state index contributed by atoms with van der Waals surface area (Å²) in [7, 11) is 0. The number of rotatable bonds is 1. The molecule has 52 valence electrons. The van der Waals surface area contributed by atoms with Crippen LogP contribution in [-0.2, 0) is 4.79 Å². The van der Waals surface area contributed by atoms with E-state index in [0.29, 0.717) is 18.6 Å². The highest BCUT2D eigenvalue weighted by atomic mass is 16.3. The number of hydrogen-bond acceptors (Lipinski definition) is 2. The number of carbonyl (C=O) groups is 1. The minimum absolute atomic E-state index is 0.248. The Kier molecular flexibility index (Phi) is 1.86. The molecule has 1 N–H and O–H groups in total. The molecule has 1 rings (SSSR count). The van der Waals surface area contributed by atoms with Crippen molar-refractivity contribution in [1.82, 2.24) is 0 Å². The van der Waals surface area contributed by atoms with Gasteiger partial charge in [-0.3, -0.25) is 4.79 Å². The molecule has 0 bridgehead atoms. The Morgan fingerprint density at radius 1 is 1.78 bits per heavy atom. The summed E-state index contributed by atoms with van der Waals surface area (Å²) in [6.07, 6.45) is 1.86. The van der Waals surface area contributed by atoms with Gasteiger partial charge < -0.3 is 5.11 Å². The van der Waals surface area contributed by atoms with E-state index in [1.165, 1.54) is 0 Å². The molecule has 2 nitrogen and oxygen atoms in total. The highest BCUT2D eigenvalue weighted by molar-refractivity contribution is 5.80. The molecule has 0 amide bonds. The molecule has 9 heavy (non-hydrogen) atoms. The van der Waals surface area contributed by atoms with Crippen LogP contribution in [0.25, 0.3) is 0 Å². The van der Waals surface area contributed by atoms with Gasteiger partial charge in [-0.15, -0.1) is 0 Å². The number of aliphatic hydroxyl groups is 1. The Bertz CT molecular complexity index is 118. The first-order chi connectivity index (χ1) is 4.20. The molecular weight excluding hydrogens is 116 g/mol. The van der Waals surface area contributed by atoms with E-state index in [1.54, 1.807) is 6.92 Å². The van der Waals surface area contributed by atoms with Gasteiger partial charge in [0.25, 0.3) is 0 Å². The van der Waals surface area contributed by atoms with Crippen molar-refractivity contribution in [3.05, 3.63) is 0 Å². The van der Waals surface area contributed by atoms with Crippen LogP contribution in [0.4, 0.5) is 0 Å². The molecule has 0 heterocycles. The lowest BCUT2D eigenvalue weighted by Crippen LogP contribution is -2.12. The SMILES string of the molecule is CC(O)[C@H]1CCC(=O)C1. The highest BCUT2D eigenvalue weighted by Gasteiger charge is 2.25. The summed E-state index contributed by atoms with van der Waals surface area (Å²) in [4.78, 5) is 10.6. The van der Waals surface area contributed by atoms with Gasteiger partial charge in [-0.1, -0.05) is 0 Å². The van der Waals surface area contributed by atoms with Crippen molar-refractivity contribution in [2.75, 3.05) is 0 Å². The first kappa shape index (κ1) is 6.75. The van der Waals surface area contributed by atoms with Crippen LogP contribution in [0.1, 0.15) is 26.2 Å². The van der Waals surface area contributed by atoms with Crippen LogP contribution in [0.2, 0.25) is 0 Å². The van der Waals surface area contributed by atoms with Crippen molar-refractivity contribution in [2.45, 2.75) is 32.3 Å². The van der Waals surface area contributed by atoms with Gasteiger partial charge in [-0.25, -0.2) is 0 Å². The number of aliphatic hydroxyl groups excluding tert-OH is 1. The Balaban J connectivity index is 2.39. The maximum Gasteiger partial charge on any atom is 0.133 e. The van der Waals surface area contributed by atoms with E-state index in [1.807, 2.05) is 0 Å². The van der Waals surface area contributed by atoms with Gasteiger partial charge in [0.15, 0.2) is 0 Å². The Labute approximate surface area is 54.9 Å². The van der Waals surface area contributed by atoms with Crippen LogP contribution in [0, 0.1) is 5.92 Å². The molecule has 0 aromatic heterocycles. The average Bonchev–Trinajstić information content (AvgIpc) is 2.14. The molecule has 0 radical (unpaired) electrons. The van der Waals surface area contributed by atoms with Crippen molar-refractivity contribution in [3.63, 3.8) is 0 Å². The molecule has 0 aromatic carbocycles. The zero-order valence-electron chi connectivity index (χ0n) is 5.63. The molecule has 1 aliphatic carbocycles. The smallest absolute Gasteiger partial charge is 0.133 e. The lowest BCUT2D eigenvalue weighted by Gasteiger charge is -2.09. The number of ketones is 1. The van der Waals surface area contributed by atoms with E-state index < -0.39 is 0 Å². The molecule has 1 aliphatic rings. The summed E-state index contributed by atoms with van der Waals surface area (Å²) in [5.74, 6) is 0.554. The van der Waals surface area contributed by atoms with Crippen LogP contribution in [0.3, 0.4) is 0 Å². The van der Waals surface area contributed by atoms with Crippen molar-refractivity contribution < 1.29 is 9.90 Å². The topological polar surface area (TPSA) is 37.3 Å². The van der Waals surface area contributed by atoms with Gasteiger partial charge in [-0.2, -0.15) is 0 Å². The third-order valence-corrected chi connectivity index (χ3v) is 1.97. The monoisotopic (exact) mass is 128 g/mol. The lowest BCUT2D eigenvalue weighted by molar-refractivity contribution is -0.117. The van der Waals surface area contributed by atoms with Gasteiger partial charge in [0.2, 0.25) is 0 Å². The van der Waals surface area contributed by atoms with Crippen molar-refractivity contribution in [2.24, 2.45) is 5.92 Å². The quantitative estimate of drug-likeness (QED) is 0.565. The molecule has 2 atom stereocenters. The summed E-state index contributed by atoms with van der Waals surface area (Å²) in [6.45, 7) is 1.75. The number of Topliss-reactive ketones (excluding diaryl/α,β-unsaturated/α-hetero) is 1. The zero-order valence-corrected chi connectivity index (χ0v) is 5.63. The van der Waals surface area contributed by atoms with Crippen molar-refractivity contribution >= 4 is 5.78 Å². The van der Waals surface area contributed by atoms with Crippen LogP contribution in [-0.4, -0.2) is 17.0 Å². The molecule has 2 heteroatoms. The summed E-state index contributed by atoms with van der Waals surface area (Å²) in [5, 5.41) is 9.02. The molecule has 0 aliphatic heterocycles.